The van der Waals surface area contributed by atoms with E-state index in [-0.39, 0.29) is 23.3 Å². The summed E-state index contributed by atoms with van der Waals surface area (Å²) >= 11 is 4.28. The minimum absolute atomic E-state index is 0.0845. The van der Waals surface area contributed by atoms with Crippen molar-refractivity contribution in [3.05, 3.63) is 33.2 Å². The molecule has 0 radical (unpaired) electrons. The molecule has 0 bridgehead atoms. The lowest BCUT2D eigenvalue weighted by Gasteiger charge is -2.10. The summed E-state index contributed by atoms with van der Waals surface area (Å²) in [4.78, 5) is 33.5. The van der Waals surface area contributed by atoms with Crippen LogP contribution in [0.4, 0.5) is 0 Å². The van der Waals surface area contributed by atoms with Crippen molar-refractivity contribution in [1.29, 1.82) is 0 Å². The Morgan fingerprint density at radius 1 is 1.46 bits per heavy atom. The third-order valence-corrected chi connectivity index (χ3v) is 6.75. The Morgan fingerprint density at radius 2 is 2.38 bits per heavy atom. The predicted octanol–water partition coefficient (Wildman–Crippen LogP) is 3.10. The molecule has 0 unspecified atom stereocenters. The molecule has 4 rings (SSSR count). The predicted molar refractivity (Wildman–Crippen MR) is 106 cm³/mol. The number of aromatic amines is 1. The van der Waals surface area contributed by atoms with Gasteiger partial charge in [0, 0.05) is 29.0 Å². The Kier molecular flexibility index (Phi) is 5.39. The lowest BCUT2D eigenvalue weighted by atomic mass is 10.2. The van der Waals surface area contributed by atoms with Crippen molar-refractivity contribution in [1.82, 2.24) is 15.3 Å². The molecule has 0 saturated carbocycles. The molecule has 136 valence electrons. The molecule has 4 heterocycles. The number of aromatic nitrogens is 2. The van der Waals surface area contributed by atoms with Crippen molar-refractivity contribution in [3.8, 4) is 10.4 Å². The zero-order valence-electron chi connectivity index (χ0n) is 13.8. The van der Waals surface area contributed by atoms with E-state index in [0.29, 0.717) is 21.9 Å². The summed E-state index contributed by atoms with van der Waals surface area (Å²) in [5.41, 5.74) is 0.751. The molecular formula is C17H17N3O3S3. The highest BCUT2D eigenvalue weighted by Gasteiger charge is 2.17. The topological polar surface area (TPSA) is 84.1 Å². The van der Waals surface area contributed by atoms with E-state index in [2.05, 4.69) is 15.3 Å². The summed E-state index contributed by atoms with van der Waals surface area (Å²) in [6.45, 7) is 1.31. The number of amides is 1. The normalized spacial score (nSPS) is 17.0. The van der Waals surface area contributed by atoms with Crippen molar-refractivity contribution in [2.24, 2.45) is 0 Å². The zero-order chi connectivity index (χ0) is 17.9. The van der Waals surface area contributed by atoms with E-state index in [1.54, 1.807) is 11.3 Å². The number of carbonyl (C=O) groups is 1. The Morgan fingerprint density at radius 3 is 3.15 bits per heavy atom. The maximum atomic E-state index is 12.5. The quantitative estimate of drug-likeness (QED) is 0.485. The van der Waals surface area contributed by atoms with E-state index in [4.69, 9.17) is 4.74 Å². The van der Waals surface area contributed by atoms with Crippen LogP contribution >= 0.6 is 34.4 Å². The molecule has 1 amide bonds. The molecule has 6 nitrogen and oxygen atoms in total. The molecule has 1 atom stereocenters. The number of thioether (sulfide) groups is 1. The van der Waals surface area contributed by atoms with Gasteiger partial charge in [0.25, 0.3) is 5.56 Å². The van der Waals surface area contributed by atoms with Crippen LogP contribution in [0, 0.1) is 0 Å². The minimum atomic E-state index is -0.165. The van der Waals surface area contributed by atoms with Gasteiger partial charge in [-0.15, -0.1) is 22.7 Å². The van der Waals surface area contributed by atoms with E-state index >= 15 is 0 Å². The number of ether oxygens (including phenoxy) is 1. The lowest BCUT2D eigenvalue weighted by Crippen LogP contribution is -2.33. The first-order valence-electron chi connectivity index (χ1n) is 8.27. The Labute approximate surface area is 162 Å². The molecule has 26 heavy (non-hydrogen) atoms. The van der Waals surface area contributed by atoms with E-state index in [9.17, 15) is 9.59 Å². The molecule has 3 aromatic rings. The van der Waals surface area contributed by atoms with Crippen LogP contribution in [-0.2, 0) is 9.53 Å². The fourth-order valence-corrected chi connectivity index (χ4v) is 5.34. The van der Waals surface area contributed by atoms with Gasteiger partial charge in [-0.25, -0.2) is 4.98 Å². The van der Waals surface area contributed by atoms with Gasteiger partial charge in [-0.2, -0.15) is 0 Å². The van der Waals surface area contributed by atoms with Crippen molar-refractivity contribution in [2.75, 3.05) is 18.9 Å². The van der Waals surface area contributed by atoms with Crippen LogP contribution in [0.3, 0.4) is 0 Å². The lowest BCUT2D eigenvalue weighted by molar-refractivity contribution is -0.119. The molecule has 1 saturated heterocycles. The number of hydrogen-bond donors (Lipinski definition) is 2. The van der Waals surface area contributed by atoms with Crippen molar-refractivity contribution in [3.63, 3.8) is 0 Å². The average Bonchev–Trinajstić information content (AvgIpc) is 3.38. The van der Waals surface area contributed by atoms with Gasteiger partial charge in [0.1, 0.15) is 4.83 Å². The van der Waals surface area contributed by atoms with Crippen LogP contribution in [0.5, 0.6) is 0 Å². The monoisotopic (exact) mass is 407 g/mol. The van der Waals surface area contributed by atoms with Gasteiger partial charge in [0.2, 0.25) is 5.91 Å². The number of nitrogens with one attached hydrogen (secondary N) is 2. The van der Waals surface area contributed by atoms with Crippen molar-refractivity contribution >= 4 is 50.6 Å². The van der Waals surface area contributed by atoms with Gasteiger partial charge in [-0.1, -0.05) is 17.8 Å². The van der Waals surface area contributed by atoms with E-state index < -0.39 is 0 Å². The van der Waals surface area contributed by atoms with Crippen LogP contribution < -0.4 is 10.9 Å². The van der Waals surface area contributed by atoms with Crippen molar-refractivity contribution < 1.29 is 9.53 Å². The van der Waals surface area contributed by atoms with E-state index in [1.807, 2.05) is 22.9 Å². The molecule has 0 aliphatic carbocycles. The SMILES string of the molecule is O=C(CSc1nc2scc(-c3cccs3)c2c(=O)[nH]1)NC[C@@H]1CCCO1. The largest absolute Gasteiger partial charge is 0.376 e. The fraction of sp³-hybridized carbons (Fsp3) is 0.353. The second-order valence-electron chi connectivity index (χ2n) is 5.91. The van der Waals surface area contributed by atoms with Crippen LogP contribution in [0.25, 0.3) is 20.7 Å². The fourth-order valence-electron chi connectivity index (χ4n) is 2.83. The Balaban J connectivity index is 1.43. The van der Waals surface area contributed by atoms with Gasteiger partial charge in [-0.05, 0) is 24.3 Å². The number of hydrogen-bond acceptors (Lipinski definition) is 7. The van der Waals surface area contributed by atoms with Gasteiger partial charge in [0.15, 0.2) is 5.16 Å². The van der Waals surface area contributed by atoms with Crippen molar-refractivity contribution in [2.45, 2.75) is 24.1 Å². The molecule has 1 aliphatic heterocycles. The summed E-state index contributed by atoms with van der Waals surface area (Å²) in [5, 5.41) is 7.90. The first kappa shape index (κ1) is 17.7. The highest BCUT2D eigenvalue weighted by Crippen LogP contribution is 2.33. The average molecular weight is 408 g/mol. The number of H-pyrrole nitrogens is 1. The summed E-state index contributed by atoms with van der Waals surface area (Å²) in [6.07, 6.45) is 2.17. The number of fused-ring (bicyclic) bond motifs is 1. The first-order valence-corrected chi connectivity index (χ1v) is 11.0. The van der Waals surface area contributed by atoms with Crippen LogP contribution in [0.15, 0.2) is 32.8 Å². The Bertz CT molecular complexity index is 959. The standard InChI is InChI=1S/C17H17N3O3S3/c21-13(18-7-10-3-1-5-23-10)9-26-17-19-15(22)14-11(8-25-16(14)20-17)12-4-2-6-24-12/h2,4,6,8,10H,1,3,5,7,9H2,(H,18,21)(H,19,20,22)/t10-/m0/s1. The molecule has 0 spiro atoms. The first-order chi connectivity index (χ1) is 12.7. The molecule has 9 heteroatoms. The second kappa shape index (κ2) is 7.91. The van der Waals surface area contributed by atoms with Crippen LogP contribution in [-0.4, -0.2) is 40.9 Å². The van der Waals surface area contributed by atoms with Gasteiger partial charge >= 0.3 is 0 Å². The summed E-state index contributed by atoms with van der Waals surface area (Å²) < 4.78 is 5.48. The molecule has 2 N–H and O–H groups in total. The van der Waals surface area contributed by atoms with E-state index in [0.717, 1.165) is 29.9 Å². The van der Waals surface area contributed by atoms with E-state index in [1.165, 1.54) is 23.1 Å². The maximum Gasteiger partial charge on any atom is 0.260 e. The maximum absolute atomic E-state index is 12.5. The van der Waals surface area contributed by atoms with Gasteiger partial charge < -0.3 is 15.0 Å². The highest BCUT2D eigenvalue weighted by atomic mass is 32.2. The summed E-state index contributed by atoms with van der Waals surface area (Å²) in [6, 6.07) is 3.96. The number of nitrogens with zero attached hydrogens (tertiary/aromatic N) is 1. The molecule has 1 fully saturated rings. The molecule has 1 aliphatic rings. The highest BCUT2D eigenvalue weighted by molar-refractivity contribution is 7.99. The third kappa shape index (κ3) is 3.85. The molecular weight excluding hydrogens is 390 g/mol. The Hall–Kier alpha value is -1.68. The number of thiophene rings is 2. The second-order valence-corrected chi connectivity index (χ2v) is 8.68. The minimum Gasteiger partial charge on any atom is -0.376 e. The van der Waals surface area contributed by atoms with Crippen LogP contribution in [0.1, 0.15) is 12.8 Å². The van der Waals surface area contributed by atoms with Gasteiger partial charge in [-0.3, -0.25) is 9.59 Å². The number of rotatable bonds is 6. The zero-order valence-corrected chi connectivity index (χ0v) is 16.3. The van der Waals surface area contributed by atoms with Gasteiger partial charge in [0.05, 0.1) is 17.2 Å². The summed E-state index contributed by atoms with van der Waals surface area (Å²) in [7, 11) is 0. The summed E-state index contributed by atoms with van der Waals surface area (Å²) in [5.74, 6) is 0.128. The smallest absolute Gasteiger partial charge is 0.260 e. The van der Waals surface area contributed by atoms with Crippen LogP contribution in [0.2, 0.25) is 0 Å². The number of carbonyl (C=O) groups excluding carboxylic acids is 1. The molecule has 3 aromatic heterocycles. The third-order valence-electron chi connectivity index (χ3n) is 4.10. The molecule has 0 aromatic carbocycles.